The number of fused-ring (bicyclic) bond motifs is 1. The first-order valence-electron chi connectivity index (χ1n) is 10.2. The average molecular weight is 481 g/mol. The van der Waals surface area contributed by atoms with Crippen molar-refractivity contribution >= 4 is 39.1 Å². The van der Waals surface area contributed by atoms with Crippen LogP contribution in [0.5, 0.6) is 5.75 Å². The zero-order chi connectivity index (χ0) is 23.0. The summed E-state index contributed by atoms with van der Waals surface area (Å²) in [6.07, 6.45) is 3.27. The van der Waals surface area contributed by atoms with Crippen molar-refractivity contribution in [3.8, 4) is 5.75 Å². The van der Waals surface area contributed by atoms with Crippen molar-refractivity contribution in [3.63, 3.8) is 0 Å². The van der Waals surface area contributed by atoms with Crippen LogP contribution < -0.4 is 9.46 Å². The third kappa shape index (κ3) is 4.19. The number of nitrogens with zero attached hydrogens (tertiary/aromatic N) is 1. The number of carbonyl (C=O) groups excluding carboxylic acids is 2. The van der Waals surface area contributed by atoms with E-state index in [1.165, 1.54) is 30.2 Å². The predicted molar refractivity (Wildman–Crippen MR) is 116 cm³/mol. The summed E-state index contributed by atoms with van der Waals surface area (Å²) in [7, 11) is -2.80. The molecule has 1 N–H and O–H groups in total. The largest absolute Gasteiger partial charge is 0.495 e. The summed E-state index contributed by atoms with van der Waals surface area (Å²) in [6, 6.07) is 7.92. The highest BCUT2D eigenvalue weighted by Crippen LogP contribution is 2.39. The topological polar surface area (TPSA) is 92.8 Å². The summed E-state index contributed by atoms with van der Waals surface area (Å²) in [5.41, 5.74) is 0.557. The lowest BCUT2D eigenvalue weighted by Crippen LogP contribution is -2.30. The number of carbonyl (C=O) groups is 2. The number of imide groups is 1. The Hall–Kier alpha value is -2.65. The van der Waals surface area contributed by atoms with Gasteiger partial charge in [0.2, 0.25) is 11.8 Å². The second kappa shape index (κ2) is 8.71. The first-order chi connectivity index (χ1) is 15.2. The highest BCUT2D eigenvalue weighted by Gasteiger charge is 2.47. The number of nitrogens with one attached hydrogen (secondary N) is 1. The van der Waals surface area contributed by atoms with E-state index in [2.05, 4.69) is 4.72 Å². The van der Waals surface area contributed by atoms with E-state index in [9.17, 15) is 22.4 Å². The fourth-order valence-electron chi connectivity index (χ4n) is 4.37. The summed E-state index contributed by atoms with van der Waals surface area (Å²) in [4.78, 5) is 26.6. The van der Waals surface area contributed by atoms with E-state index in [0.717, 1.165) is 25.0 Å². The zero-order valence-corrected chi connectivity index (χ0v) is 18.9. The monoisotopic (exact) mass is 480 g/mol. The standard InChI is InChI=1S/C22H22ClFN2O5S/c1-31-19-9-6-13(12-26-21(27)15-4-2-3-5-16(15)22(26)28)10-20(19)32(29,30)25-14-7-8-18(24)17(23)11-14/h6-11,15-16,25H,2-5,12H2,1H3/t15-,16+. The van der Waals surface area contributed by atoms with Gasteiger partial charge in [-0.1, -0.05) is 30.5 Å². The number of amides is 2. The smallest absolute Gasteiger partial charge is 0.265 e. The molecule has 2 aliphatic rings. The maximum atomic E-state index is 13.4. The van der Waals surface area contributed by atoms with Crippen LogP contribution in [0.25, 0.3) is 0 Å². The van der Waals surface area contributed by atoms with Crippen LogP contribution in [0.15, 0.2) is 41.3 Å². The van der Waals surface area contributed by atoms with Gasteiger partial charge >= 0.3 is 0 Å². The van der Waals surface area contributed by atoms with Gasteiger partial charge in [-0.25, -0.2) is 12.8 Å². The molecule has 2 aromatic carbocycles. The molecule has 7 nitrogen and oxygen atoms in total. The Morgan fingerprint density at radius 1 is 1.09 bits per heavy atom. The van der Waals surface area contributed by atoms with Crippen molar-refractivity contribution < 1.29 is 27.1 Å². The molecule has 2 amide bonds. The summed E-state index contributed by atoms with van der Waals surface area (Å²) in [6.45, 7) is -0.0143. The van der Waals surface area contributed by atoms with Gasteiger partial charge in [-0.2, -0.15) is 0 Å². The average Bonchev–Trinajstić information content (AvgIpc) is 3.01. The highest BCUT2D eigenvalue weighted by atomic mass is 35.5. The van der Waals surface area contributed by atoms with Crippen molar-refractivity contribution in [2.24, 2.45) is 11.8 Å². The maximum Gasteiger partial charge on any atom is 0.265 e. The van der Waals surface area contributed by atoms with E-state index >= 15 is 0 Å². The molecular formula is C22H22ClFN2O5S. The van der Waals surface area contributed by atoms with Crippen molar-refractivity contribution in [3.05, 3.63) is 52.8 Å². The van der Waals surface area contributed by atoms with Crippen LogP contribution in [-0.4, -0.2) is 32.2 Å². The first-order valence-corrected chi connectivity index (χ1v) is 12.1. The van der Waals surface area contributed by atoms with Gasteiger partial charge < -0.3 is 4.74 Å². The molecule has 2 fully saturated rings. The fraction of sp³-hybridized carbons (Fsp3) is 0.364. The van der Waals surface area contributed by atoms with Gasteiger partial charge in [0.25, 0.3) is 10.0 Å². The second-order valence-corrected chi connectivity index (χ2v) is 10.0. The molecule has 0 unspecified atom stereocenters. The molecule has 1 saturated heterocycles. The first kappa shape index (κ1) is 22.5. The van der Waals surface area contributed by atoms with Crippen molar-refractivity contribution in [2.75, 3.05) is 11.8 Å². The summed E-state index contributed by atoms with van der Waals surface area (Å²) in [5, 5.41) is -0.224. The highest BCUT2D eigenvalue weighted by molar-refractivity contribution is 7.92. The van der Waals surface area contributed by atoms with Crippen LogP contribution in [0.3, 0.4) is 0 Å². The van der Waals surface area contributed by atoms with Gasteiger partial charge in [0, 0.05) is 0 Å². The quantitative estimate of drug-likeness (QED) is 0.632. The van der Waals surface area contributed by atoms with Crippen LogP contribution in [0.4, 0.5) is 10.1 Å². The number of likely N-dealkylation sites (tertiary alicyclic amines) is 1. The molecule has 4 rings (SSSR count). The number of rotatable bonds is 6. The lowest BCUT2D eigenvalue weighted by atomic mass is 9.81. The number of anilines is 1. The van der Waals surface area contributed by atoms with Crippen LogP contribution >= 0.6 is 11.6 Å². The Morgan fingerprint density at radius 3 is 2.34 bits per heavy atom. The van der Waals surface area contributed by atoms with Crippen molar-refractivity contribution in [2.45, 2.75) is 37.1 Å². The minimum Gasteiger partial charge on any atom is -0.495 e. The summed E-state index contributed by atoms with van der Waals surface area (Å²) in [5.74, 6) is -1.53. The van der Waals surface area contributed by atoms with E-state index in [0.29, 0.717) is 18.4 Å². The summed E-state index contributed by atoms with van der Waals surface area (Å²) < 4.78 is 47.0. The van der Waals surface area contributed by atoms with Gasteiger partial charge in [-0.15, -0.1) is 0 Å². The van der Waals surface area contributed by atoms with Gasteiger partial charge in [-0.3, -0.25) is 19.2 Å². The number of halogens is 2. The number of methoxy groups -OCH3 is 1. The van der Waals surface area contributed by atoms with E-state index < -0.39 is 15.8 Å². The number of ether oxygens (including phenoxy) is 1. The molecule has 170 valence electrons. The van der Waals surface area contributed by atoms with Crippen LogP contribution in [0, 0.1) is 17.7 Å². The molecule has 0 radical (unpaired) electrons. The number of hydrogen-bond donors (Lipinski definition) is 1. The van der Waals surface area contributed by atoms with Crippen LogP contribution in [0.2, 0.25) is 5.02 Å². The molecule has 2 aromatic rings. The van der Waals surface area contributed by atoms with Gasteiger partial charge in [-0.05, 0) is 48.7 Å². The molecule has 1 aliphatic heterocycles. The maximum absolute atomic E-state index is 13.4. The Bertz CT molecular complexity index is 1160. The Labute approximate surface area is 190 Å². The Kier molecular flexibility index (Phi) is 6.13. The van der Waals surface area contributed by atoms with Gasteiger partial charge in [0.05, 0.1) is 36.2 Å². The van der Waals surface area contributed by atoms with Crippen molar-refractivity contribution in [1.29, 1.82) is 0 Å². The molecular weight excluding hydrogens is 459 g/mol. The van der Waals surface area contributed by atoms with E-state index in [-0.39, 0.29) is 51.5 Å². The SMILES string of the molecule is COc1ccc(CN2C(=O)[C@H]3CCCC[C@H]3C2=O)cc1S(=O)(=O)Nc1ccc(F)c(Cl)c1. The van der Waals surface area contributed by atoms with E-state index in [4.69, 9.17) is 16.3 Å². The molecule has 1 aliphatic carbocycles. The molecule has 2 atom stereocenters. The molecule has 1 saturated carbocycles. The molecule has 10 heteroatoms. The minimum atomic E-state index is -4.13. The predicted octanol–water partition coefficient (Wildman–Crippen LogP) is 3.96. The van der Waals surface area contributed by atoms with E-state index in [1.807, 2.05) is 0 Å². The van der Waals surface area contributed by atoms with Gasteiger partial charge in [0.15, 0.2) is 0 Å². The molecule has 0 aromatic heterocycles. The number of sulfonamides is 1. The minimum absolute atomic E-state index is 0.0143. The third-order valence-electron chi connectivity index (χ3n) is 5.96. The van der Waals surface area contributed by atoms with Crippen LogP contribution in [0.1, 0.15) is 31.2 Å². The van der Waals surface area contributed by atoms with Crippen LogP contribution in [-0.2, 0) is 26.2 Å². The van der Waals surface area contributed by atoms with Crippen molar-refractivity contribution in [1.82, 2.24) is 4.90 Å². The zero-order valence-electron chi connectivity index (χ0n) is 17.3. The number of hydrogen-bond acceptors (Lipinski definition) is 5. The Balaban J connectivity index is 1.62. The second-order valence-electron chi connectivity index (χ2n) is 7.98. The fourth-order valence-corrected chi connectivity index (χ4v) is 5.82. The lowest BCUT2D eigenvalue weighted by molar-refractivity contribution is -0.140. The Morgan fingerprint density at radius 2 is 1.75 bits per heavy atom. The molecule has 0 bridgehead atoms. The molecule has 32 heavy (non-hydrogen) atoms. The molecule has 0 spiro atoms. The normalized spacial score (nSPS) is 20.9. The lowest BCUT2D eigenvalue weighted by Gasteiger charge is -2.19. The third-order valence-corrected chi connectivity index (χ3v) is 7.65. The summed E-state index contributed by atoms with van der Waals surface area (Å²) >= 11 is 5.74. The molecule has 1 heterocycles. The van der Waals surface area contributed by atoms with E-state index in [1.54, 1.807) is 6.07 Å². The number of benzene rings is 2. The van der Waals surface area contributed by atoms with Gasteiger partial charge in [0.1, 0.15) is 16.5 Å².